The molecule has 1 N–H and O–H groups in total. The molecule has 3 fully saturated rings. The van der Waals surface area contributed by atoms with Gasteiger partial charge in [-0.05, 0) is 80.3 Å². The number of anilines is 2. The van der Waals surface area contributed by atoms with Gasteiger partial charge in [0.05, 0.1) is 50.7 Å². The van der Waals surface area contributed by atoms with E-state index in [-0.39, 0.29) is 46.3 Å². The van der Waals surface area contributed by atoms with Gasteiger partial charge in [-0.15, -0.1) is 13.2 Å². The van der Waals surface area contributed by atoms with Crippen LogP contribution in [0.5, 0.6) is 11.5 Å². The van der Waals surface area contributed by atoms with Crippen LogP contribution in [-0.2, 0) is 31.5 Å². The highest BCUT2D eigenvalue weighted by Crippen LogP contribution is 2.65. The lowest BCUT2D eigenvalue weighted by molar-refractivity contribution is -0.274. The molecule has 3 aromatic carbocycles. The van der Waals surface area contributed by atoms with Crippen molar-refractivity contribution in [2.45, 2.75) is 44.4 Å². The van der Waals surface area contributed by atoms with Gasteiger partial charge in [-0.1, -0.05) is 23.3 Å². The second-order valence-electron chi connectivity index (χ2n) is 13.8. The monoisotopic (exact) mass is 804 g/mol. The Morgan fingerprint density at radius 2 is 1.42 bits per heavy atom. The first-order valence-corrected chi connectivity index (χ1v) is 16.6. The minimum absolute atomic E-state index is 0.0858. The van der Waals surface area contributed by atoms with E-state index in [2.05, 4.69) is 4.74 Å². The van der Waals surface area contributed by atoms with Crippen LogP contribution in [0.2, 0.25) is 5.02 Å². The van der Waals surface area contributed by atoms with Gasteiger partial charge in [0.15, 0.2) is 0 Å². The van der Waals surface area contributed by atoms with Gasteiger partial charge in [0.2, 0.25) is 23.6 Å². The third-order valence-electron chi connectivity index (χ3n) is 10.8. The number of alkyl halides is 9. The second-order valence-corrected chi connectivity index (χ2v) is 14.2. The van der Waals surface area contributed by atoms with Crippen LogP contribution in [0.3, 0.4) is 0 Å². The first-order chi connectivity index (χ1) is 25.4. The van der Waals surface area contributed by atoms with Gasteiger partial charge >= 0.3 is 18.7 Å². The van der Waals surface area contributed by atoms with Crippen LogP contribution < -0.4 is 14.5 Å². The lowest BCUT2D eigenvalue weighted by Gasteiger charge is -2.49. The molecule has 0 radical (unpaired) electrons. The summed E-state index contributed by atoms with van der Waals surface area (Å²) in [6, 6.07) is 5.53. The number of carbonyl (C=O) groups excluding carboxylic acids is 4. The van der Waals surface area contributed by atoms with Gasteiger partial charge in [-0.25, -0.2) is 14.2 Å². The summed E-state index contributed by atoms with van der Waals surface area (Å²) in [5.41, 5.74) is -7.07. The number of nitrogens with zero attached hydrogens (tertiary/aromatic N) is 2. The Morgan fingerprint density at radius 1 is 0.782 bits per heavy atom. The quantitative estimate of drug-likeness (QED) is 0.161. The van der Waals surface area contributed by atoms with Crippen molar-refractivity contribution in [3.05, 3.63) is 93.8 Å². The van der Waals surface area contributed by atoms with Gasteiger partial charge in [0.25, 0.3) is 0 Å². The van der Waals surface area contributed by atoms with E-state index in [1.807, 2.05) is 0 Å². The highest BCUT2D eigenvalue weighted by molar-refractivity contribution is 6.32. The molecule has 7 rings (SSSR count). The standard InChI is InChI=1S/C36H23ClF10N2O6/c1-33-23(30(52)49(32(33)54)16-2-6-25(38)24(37)11-16)13-21-19(28(33)22-12-18(3-7-26(22)50)55-36(45,46)47)4-5-20-27(21)31(53)48(29(20)51)17-9-14(34(39,40)41)8-15(10-17)35(42,43)44/h2-4,6-12,20-21,23,27-28,50H,5,13H2,1H3. The fraction of sp³-hybridized carbons (Fsp3) is 0.333. The Kier molecular flexibility index (Phi) is 8.63. The summed E-state index contributed by atoms with van der Waals surface area (Å²) in [5, 5.41) is 10.6. The van der Waals surface area contributed by atoms with Crippen molar-refractivity contribution in [3.63, 3.8) is 0 Å². The maximum Gasteiger partial charge on any atom is 0.573 e. The number of amides is 4. The number of phenols is 1. The predicted molar refractivity (Wildman–Crippen MR) is 170 cm³/mol. The molecule has 3 aromatic rings. The topological polar surface area (TPSA) is 104 Å². The summed E-state index contributed by atoms with van der Waals surface area (Å²) in [7, 11) is 0. The first-order valence-electron chi connectivity index (χ1n) is 16.2. The maximum atomic E-state index is 14.5. The van der Waals surface area contributed by atoms with E-state index in [4.69, 9.17) is 11.6 Å². The molecule has 0 aromatic heterocycles. The number of imide groups is 2. The second kappa shape index (κ2) is 12.4. The number of rotatable bonds is 4. The zero-order valence-corrected chi connectivity index (χ0v) is 28.4. The zero-order valence-electron chi connectivity index (χ0n) is 27.6. The summed E-state index contributed by atoms with van der Waals surface area (Å²) in [5.74, 6) is -13.9. The molecule has 0 bridgehead atoms. The van der Waals surface area contributed by atoms with Crippen LogP contribution in [0.1, 0.15) is 42.4 Å². The summed E-state index contributed by atoms with van der Waals surface area (Å²) in [6.45, 7) is 1.29. The smallest absolute Gasteiger partial charge is 0.508 e. The highest BCUT2D eigenvalue weighted by atomic mass is 35.5. The molecule has 6 atom stereocenters. The van der Waals surface area contributed by atoms with E-state index >= 15 is 0 Å². The average molecular weight is 805 g/mol. The maximum absolute atomic E-state index is 14.5. The molecule has 2 heterocycles. The summed E-state index contributed by atoms with van der Waals surface area (Å²) < 4.78 is 141. The Morgan fingerprint density at radius 3 is 2.00 bits per heavy atom. The van der Waals surface area contributed by atoms with E-state index in [1.54, 1.807) is 0 Å². The van der Waals surface area contributed by atoms with E-state index < -0.39 is 123 Å². The Bertz CT molecular complexity index is 2190. The molecule has 4 aliphatic rings. The molecule has 8 nitrogen and oxygen atoms in total. The van der Waals surface area contributed by atoms with E-state index in [1.165, 1.54) is 13.0 Å². The van der Waals surface area contributed by atoms with E-state index in [0.717, 1.165) is 36.4 Å². The van der Waals surface area contributed by atoms with Crippen molar-refractivity contribution in [2.24, 2.45) is 29.1 Å². The molecule has 2 aliphatic heterocycles. The van der Waals surface area contributed by atoms with Gasteiger partial charge in [-0.3, -0.25) is 19.2 Å². The Labute approximate surface area is 307 Å². The average Bonchev–Trinajstić information content (AvgIpc) is 3.45. The SMILES string of the molecule is CC12C(=O)N(c3ccc(F)c(Cl)c3)C(=O)C1CC1C(=CCC3C(=O)N(c4cc(C(F)(F)F)cc(C(F)(F)F)c4)C(=O)C31)C2c1cc(OC(F)(F)F)ccc1O. The third-order valence-corrected chi connectivity index (χ3v) is 11.1. The molecule has 2 aliphatic carbocycles. The van der Waals surface area contributed by atoms with E-state index in [0.29, 0.717) is 4.90 Å². The molecular formula is C36H23ClF10N2O6. The van der Waals surface area contributed by atoms with Crippen LogP contribution in [0.4, 0.5) is 55.3 Å². The lowest BCUT2D eigenvalue weighted by atomic mass is 9.51. The number of halogens is 11. The van der Waals surface area contributed by atoms with Crippen LogP contribution in [0.15, 0.2) is 66.2 Å². The summed E-state index contributed by atoms with van der Waals surface area (Å²) >= 11 is 5.94. The molecular weight excluding hydrogens is 782 g/mol. The molecule has 6 unspecified atom stereocenters. The normalized spacial score (nSPS) is 26.9. The molecule has 2 saturated heterocycles. The first kappa shape index (κ1) is 38.2. The van der Waals surface area contributed by atoms with Crippen molar-refractivity contribution < 1.29 is 72.9 Å². The number of allylic oxidation sites excluding steroid dienone is 2. The molecule has 1 saturated carbocycles. The van der Waals surface area contributed by atoms with Crippen LogP contribution in [-0.4, -0.2) is 35.1 Å². The van der Waals surface area contributed by atoms with Crippen LogP contribution in [0.25, 0.3) is 0 Å². The third kappa shape index (κ3) is 6.08. The molecule has 4 amide bonds. The number of aromatic hydroxyl groups is 1. The zero-order chi connectivity index (χ0) is 40.3. The fourth-order valence-electron chi connectivity index (χ4n) is 8.51. The lowest BCUT2D eigenvalue weighted by Crippen LogP contribution is -2.49. The number of benzene rings is 3. The van der Waals surface area contributed by atoms with Crippen molar-refractivity contribution in [3.8, 4) is 11.5 Å². The fourth-order valence-corrected chi connectivity index (χ4v) is 8.69. The molecule has 55 heavy (non-hydrogen) atoms. The Balaban J connectivity index is 1.38. The van der Waals surface area contributed by atoms with Crippen LogP contribution in [0, 0.1) is 34.9 Å². The molecule has 0 spiro atoms. The van der Waals surface area contributed by atoms with Gasteiger partial charge in [-0.2, -0.15) is 26.3 Å². The summed E-state index contributed by atoms with van der Waals surface area (Å²) in [6.07, 6.45) is -15.3. The highest BCUT2D eigenvalue weighted by Gasteiger charge is 2.68. The van der Waals surface area contributed by atoms with Crippen molar-refractivity contribution in [1.29, 1.82) is 0 Å². The minimum atomic E-state index is -5.33. The number of hydrogen-bond acceptors (Lipinski definition) is 6. The van der Waals surface area contributed by atoms with Gasteiger partial charge in [0, 0.05) is 11.5 Å². The Hall–Kier alpha value is -5.13. The number of carbonyl (C=O) groups is 4. The molecule has 19 heteroatoms. The number of hydrogen-bond donors (Lipinski definition) is 1. The number of phenolic OH excluding ortho intramolecular Hbond substituents is 1. The predicted octanol–water partition coefficient (Wildman–Crippen LogP) is 8.56. The van der Waals surface area contributed by atoms with Crippen LogP contribution >= 0.6 is 11.6 Å². The molecule has 290 valence electrons. The number of fused-ring (bicyclic) bond motifs is 4. The van der Waals surface area contributed by atoms with Gasteiger partial charge < -0.3 is 9.84 Å². The van der Waals surface area contributed by atoms with Crippen molar-refractivity contribution >= 4 is 46.6 Å². The van der Waals surface area contributed by atoms with E-state index in [9.17, 15) is 68.2 Å². The largest absolute Gasteiger partial charge is 0.573 e. The van der Waals surface area contributed by atoms with Crippen molar-refractivity contribution in [2.75, 3.05) is 9.80 Å². The van der Waals surface area contributed by atoms with Gasteiger partial charge in [0.1, 0.15) is 17.3 Å². The van der Waals surface area contributed by atoms with Crippen molar-refractivity contribution in [1.82, 2.24) is 0 Å². The minimum Gasteiger partial charge on any atom is -0.508 e. The number of ether oxygens (including phenoxy) is 1. The summed E-state index contributed by atoms with van der Waals surface area (Å²) in [4.78, 5) is 57.7.